The molecule has 29 heavy (non-hydrogen) atoms. The lowest BCUT2D eigenvalue weighted by Crippen LogP contribution is -2.40. The predicted molar refractivity (Wildman–Crippen MR) is 96.8 cm³/mol. The molecule has 4 rings (SSSR count). The number of halogens is 3. The van der Waals surface area contributed by atoms with Crippen LogP contribution in [-0.2, 0) is 17.9 Å². The van der Waals surface area contributed by atoms with Crippen LogP contribution in [-0.4, -0.2) is 37.0 Å². The molecule has 4 aromatic rings. The van der Waals surface area contributed by atoms with E-state index in [1.54, 1.807) is 12.1 Å². The summed E-state index contributed by atoms with van der Waals surface area (Å²) < 4.78 is 46.1. The average Bonchev–Trinajstić information content (AvgIpc) is 3.33. The fraction of sp³-hybridized carbons (Fsp3) is 0.263. The van der Waals surface area contributed by atoms with Crippen molar-refractivity contribution in [1.82, 2.24) is 24.9 Å². The summed E-state index contributed by atoms with van der Waals surface area (Å²) in [6.45, 7) is 3.23. The number of aryl methyl sites for hydroxylation is 2. The van der Waals surface area contributed by atoms with Crippen molar-refractivity contribution >= 4 is 22.5 Å². The highest BCUT2D eigenvalue weighted by Crippen LogP contribution is 2.26. The van der Waals surface area contributed by atoms with Crippen molar-refractivity contribution in [2.75, 3.05) is 0 Å². The number of tetrazole rings is 1. The zero-order chi connectivity index (χ0) is 20.8. The van der Waals surface area contributed by atoms with Crippen LogP contribution < -0.4 is 0 Å². The summed E-state index contributed by atoms with van der Waals surface area (Å²) >= 11 is 0. The lowest BCUT2D eigenvalue weighted by atomic mass is 10.0. The van der Waals surface area contributed by atoms with Crippen LogP contribution in [0.2, 0.25) is 0 Å². The van der Waals surface area contributed by atoms with Crippen molar-refractivity contribution in [3.05, 3.63) is 59.0 Å². The van der Waals surface area contributed by atoms with Crippen molar-refractivity contribution in [1.29, 1.82) is 0 Å². The SMILES string of the molecule is Cc1cc2cc(CN(Cc3ccco3)C(=O)C(F)(F)F)c3nnnn3c2cc1C. The molecule has 3 heterocycles. The van der Waals surface area contributed by atoms with Gasteiger partial charge in [0.2, 0.25) is 0 Å². The summed E-state index contributed by atoms with van der Waals surface area (Å²) in [5, 5.41) is 12.3. The largest absolute Gasteiger partial charge is 0.471 e. The molecule has 0 spiro atoms. The molecule has 0 aliphatic carbocycles. The summed E-state index contributed by atoms with van der Waals surface area (Å²) in [6, 6.07) is 8.61. The van der Waals surface area contributed by atoms with Crippen LogP contribution in [0, 0.1) is 13.8 Å². The quantitative estimate of drug-likeness (QED) is 0.521. The Morgan fingerprint density at radius 2 is 1.93 bits per heavy atom. The first-order valence-corrected chi connectivity index (χ1v) is 8.73. The second-order valence-corrected chi connectivity index (χ2v) is 6.82. The van der Waals surface area contributed by atoms with Gasteiger partial charge in [0, 0.05) is 10.9 Å². The second kappa shape index (κ2) is 6.87. The Labute approximate surface area is 162 Å². The number of benzene rings is 1. The number of aromatic nitrogens is 4. The van der Waals surface area contributed by atoms with Gasteiger partial charge in [0.05, 0.1) is 24.9 Å². The molecule has 7 nitrogen and oxygen atoms in total. The van der Waals surface area contributed by atoms with Crippen LogP contribution in [0.3, 0.4) is 0 Å². The molecule has 0 N–H and O–H groups in total. The first-order valence-electron chi connectivity index (χ1n) is 8.73. The van der Waals surface area contributed by atoms with E-state index in [2.05, 4.69) is 15.5 Å². The molecule has 10 heteroatoms. The Morgan fingerprint density at radius 3 is 2.62 bits per heavy atom. The summed E-state index contributed by atoms with van der Waals surface area (Å²) in [5.74, 6) is -1.72. The van der Waals surface area contributed by atoms with E-state index in [1.165, 1.54) is 16.8 Å². The highest BCUT2D eigenvalue weighted by atomic mass is 19.4. The third-order valence-corrected chi connectivity index (χ3v) is 4.78. The molecule has 150 valence electrons. The van der Waals surface area contributed by atoms with Gasteiger partial charge in [-0.25, -0.2) is 0 Å². The van der Waals surface area contributed by atoms with E-state index in [-0.39, 0.29) is 18.8 Å². The molecule has 1 aromatic carbocycles. The maximum Gasteiger partial charge on any atom is 0.471 e. The summed E-state index contributed by atoms with van der Waals surface area (Å²) in [5.41, 5.74) is 3.48. The average molecular weight is 403 g/mol. The molecule has 0 fully saturated rings. The molecular formula is C19H16F3N5O2. The smallest absolute Gasteiger partial charge is 0.467 e. The zero-order valence-corrected chi connectivity index (χ0v) is 15.6. The maximum atomic E-state index is 13.2. The Bertz CT molecular complexity index is 1200. The number of fused-ring (bicyclic) bond motifs is 3. The summed E-state index contributed by atoms with van der Waals surface area (Å²) in [4.78, 5) is 12.7. The Morgan fingerprint density at radius 1 is 1.17 bits per heavy atom. The second-order valence-electron chi connectivity index (χ2n) is 6.82. The molecular weight excluding hydrogens is 387 g/mol. The lowest BCUT2D eigenvalue weighted by Gasteiger charge is -2.23. The molecule has 1 amide bonds. The van der Waals surface area contributed by atoms with E-state index in [1.807, 2.05) is 26.0 Å². The summed E-state index contributed by atoms with van der Waals surface area (Å²) in [7, 11) is 0. The third kappa shape index (κ3) is 3.53. The molecule has 0 aliphatic rings. The van der Waals surface area contributed by atoms with Crippen molar-refractivity contribution in [2.24, 2.45) is 0 Å². The van der Waals surface area contributed by atoms with Crippen molar-refractivity contribution < 1.29 is 22.4 Å². The van der Waals surface area contributed by atoms with Gasteiger partial charge in [-0.15, -0.1) is 5.10 Å². The van der Waals surface area contributed by atoms with E-state index in [0.717, 1.165) is 22.0 Å². The molecule has 3 aromatic heterocycles. The number of alkyl halides is 3. The highest BCUT2D eigenvalue weighted by molar-refractivity contribution is 5.85. The van der Waals surface area contributed by atoms with E-state index < -0.39 is 12.1 Å². The molecule has 0 aliphatic heterocycles. The fourth-order valence-corrected chi connectivity index (χ4v) is 3.22. The summed E-state index contributed by atoms with van der Waals surface area (Å²) in [6.07, 6.45) is -3.67. The van der Waals surface area contributed by atoms with E-state index in [4.69, 9.17) is 4.42 Å². The van der Waals surface area contributed by atoms with Gasteiger partial charge in [-0.3, -0.25) is 4.79 Å². The number of hydrogen-bond donors (Lipinski definition) is 0. The first kappa shape index (κ1) is 18.9. The predicted octanol–water partition coefficient (Wildman–Crippen LogP) is 3.58. The van der Waals surface area contributed by atoms with Gasteiger partial charge in [-0.05, 0) is 65.7 Å². The van der Waals surface area contributed by atoms with Crippen LogP contribution in [0.5, 0.6) is 0 Å². The van der Waals surface area contributed by atoms with Crippen LogP contribution in [0.15, 0.2) is 41.0 Å². The molecule has 0 unspecified atom stereocenters. The third-order valence-electron chi connectivity index (χ3n) is 4.78. The van der Waals surface area contributed by atoms with Crippen molar-refractivity contribution in [2.45, 2.75) is 33.1 Å². The number of carbonyl (C=O) groups excluding carboxylic acids is 1. The van der Waals surface area contributed by atoms with Crippen molar-refractivity contribution in [3.8, 4) is 0 Å². The standard InChI is InChI=1S/C19H16F3N5O2/c1-11-6-13-8-14(17-23-24-25-27(17)16(13)7-12(11)2)9-26(18(28)19(20,21)22)10-15-4-3-5-29-15/h3-8H,9-10H2,1-2H3. The van der Waals surface area contributed by atoms with E-state index in [0.29, 0.717) is 16.1 Å². The van der Waals surface area contributed by atoms with Gasteiger partial charge in [-0.2, -0.15) is 17.7 Å². The normalized spacial score (nSPS) is 12.0. The molecule has 0 radical (unpaired) electrons. The molecule has 0 saturated heterocycles. The van der Waals surface area contributed by atoms with Crippen LogP contribution in [0.25, 0.3) is 16.6 Å². The number of rotatable bonds is 4. The van der Waals surface area contributed by atoms with Crippen LogP contribution in [0.1, 0.15) is 22.5 Å². The fourth-order valence-electron chi connectivity index (χ4n) is 3.22. The topological polar surface area (TPSA) is 76.5 Å². The molecule has 0 saturated carbocycles. The van der Waals surface area contributed by atoms with Gasteiger partial charge in [-0.1, -0.05) is 0 Å². The highest BCUT2D eigenvalue weighted by Gasteiger charge is 2.43. The van der Waals surface area contributed by atoms with Gasteiger partial charge < -0.3 is 9.32 Å². The Balaban J connectivity index is 1.81. The van der Waals surface area contributed by atoms with E-state index in [9.17, 15) is 18.0 Å². The minimum absolute atomic E-state index is 0.241. The Kier molecular flexibility index (Phi) is 4.48. The van der Waals surface area contributed by atoms with Gasteiger partial charge in [0.25, 0.3) is 0 Å². The molecule has 0 bridgehead atoms. The minimum atomic E-state index is -5.01. The maximum absolute atomic E-state index is 13.2. The van der Waals surface area contributed by atoms with Gasteiger partial charge >= 0.3 is 12.1 Å². The number of amides is 1. The zero-order valence-electron chi connectivity index (χ0n) is 15.6. The lowest BCUT2D eigenvalue weighted by molar-refractivity contribution is -0.187. The minimum Gasteiger partial charge on any atom is -0.467 e. The number of carbonyl (C=O) groups is 1. The first-order chi connectivity index (χ1) is 13.7. The van der Waals surface area contributed by atoms with Crippen LogP contribution >= 0.6 is 0 Å². The molecule has 0 atom stereocenters. The number of furan rings is 1. The van der Waals surface area contributed by atoms with Gasteiger partial charge in [0.1, 0.15) is 5.76 Å². The van der Waals surface area contributed by atoms with Crippen molar-refractivity contribution in [3.63, 3.8) is 0 Å². The monoisotopic (exact) mass is 403 g/mol. The number of hydrogen-bond acceptors (Lipinski definition) is 5. The van der Waals surface area contributed by atoms with E-state index >= 15 is 0 Å². The van der Waals surface area contributed by atoms with Crippen LogP contribution in [0.4, 0.5) is 13.2 Å². The Hall–Kier alpha value is -3.43. The van der Waals surface area contributed by atoms with Gasteiger partial charge in [0.15, 0.2) is 5.65 Å². The number of pyridine rings is 1. The number of nitrogens with zero attached hydrogens (tertiary/aromatic N) is 5.